The van der Waals surface area contributed by atoms with Crippen LogP contribution in [0.3, 0.4) is 0 Å². The normalized spacial score (nSPS) is 11.3. The van der Waals surface area contributed by atoms with Gasteiger partial charge in [0.15, 0.2) is 0 Å². The highest BCUT2D eigenvalue weighted by atomic mass is 16.5. The average Bonchev–Trinajstić information content (AvgIpc) is 2.93. The first kappa shape index (κ1) is 14.8. The van der Waals surface area contributed by atoms with E-state index in [1.165, 1.54) is 0 Å². The quantitative estimate of drug-likeness (QED) is 0.621. The fraction of sp³-hybridized carbons (Fsp3) is 0.176. The van der Waals surface area contributed by atoms with E-state index in [1.807, 2.05) is 61.6 Å². The number of para-hydroxylation sites is 1. The minimum absolute atomic E-state index is 0.341. The van der Waals surface area contributed by atoms with Crippen LogP contribution in [-0.4, -0.2) is 22.4 Å². The Morgan fingerprint density at radius 3 is 2.71 bits per heavy atom. The van der Waals surface area contributed by atoms with Crippen LogP contribution in [0.15, 0.2) is 54.8 Å². The molecule has 0 aliphatic rings. The third-order valence-corrected chi connectivity index (χ3v) is 2.86. The van der Waals surface area contributed by atoms with Gasteiger partial charge in [-0.3, -0.25) is 0 Å². The number of carbonyl (C=O) groups excluding carboxylic acids is 1. The molecule has 4 heteroatoms. The maximum Gasteiger partial charge on any atom is 0.341 e. The molecule has 21 heavy (non-hydrogen) atoms. The number of carbonyl (C=O) groups is 1. The number of benzene rings is 1. The van der Waals surface area contributed by atoms with Crippen molar-refractivity contribution < 1.29 is 9.53 Å². The Balaban J connectivity index is 2.48. The third-order valence-electron chi connectivity index (χ3n) is 2.86. The van der Waals surface area contributed by atoms with Crippen LogP contribution in [0.5, 0.6) is 0 Å². The molecule has 0 spiro atoms. The Bertz CT molecular complexity index is 655. The largest absolute Gasteiger partial charge is 0.462 e. The summed E-state index contributed by atoms with van der Waals surface area (Å²) in [5, 5.41) is 4.31. The van der Waals surface area contributed by atoms with E-state index in [4.69, 9.17) is 4.74 Å². The van der Waals surface area contributed by atoms with Gasteiger partial charge in [0.25, 0.3) is 0 Å². The lowest BCUT2D eigenvalue weighted by Crippen LogP contribution is -2.07. The summed E-state index contributed by atoms with van der Waals surface area (Å²) in [6.07, 6.45) is 9.09. The van der Waals surface area contributed by atoms with Gasteiger partial charge in [-0.1, -0.05) is 36.4 Å². The van der Waals surface area contributed by atoms with Crippen LogP contribution in [-0.2, 0) is 4.74 Å². The molecule has 1 heterocycles. The standard InChI is InChI=1S/C17H18N2O2/c1-3-5-7-12-16-15(17(20)21-4-2)13-18-19(16)14-10-8-6-9-11-14/h3,5-13H,4H2,1-2H3/b5-3+,12-7+. The molecule has 2 aromatic rings. The van der Waals surface area contributed by atoms with Crippen molar-refractivity contribution in [3.63, 3.8) is 0 Å². The van der Waals surface area contributed by atoms with Crippen molar-refractivity contribution in [2.75, 3.05) is 6.61 Å². The monoisotopic (exact) mass is 282 g/mol. The summed E-state index contributed by atoms with van der Waals surface area (Å²) in [6, 6.07) is 9.68. The van der Waals surface area contributed by atoms with Gasteiger partial charge in [0, 0.05) is 0 Å². The molecule has 0 radical (unpaired) electrons. The molecule has 0 saturated heterocycles. The Morgan fingerprint density at radius 2 is 2.05 bits per heavy atom. The molecule has 0 N–H and O–H groups in total. The maximum absolute atomic E-state index is 12.0. The van der Waals surface area contributed by atoms with Gasteiger partial charge in [-0.15, -0.1) is 0 Å². The van der Waals surface area contributed by atoms with Crippen molar-refractivity contribution in [2.45, 2.75) is 13.8 Å². The first-order chi connectivity index (χ1) is 10.3. The average molecular weight is 282 g/mol. The van der Waals surface area contributed by atoms with Gasteiger partial charge >= 0.3 is 5.97 Å². The van der Waals surface area contributed by atoms with E-state index < -0.39 is 0 Å². The molecule has 0 atom stereocenters. The first-order valence-electron chi connectivity index (χ1n) is 6.87. The van der Waals surface area contributed by atoms with E-state index in [0.29, 0.717) is 17.9 Å². The van der Waals surface area contributed by atoms with Crippen molar-refractivity contribution in [3.05, 3.63) is 66.0 Å². The summed E-state index contributed by atoms with van der Waals surface area (Å²) in [5.41, 5.74) is 2.06. The molecule has 108 valence electrons. The van der Waals surface area contributed by atoms with E-state index in [1.54, 1.807) is 17.8 Å². The fourth-order valence-corrected chi connectivity index (χ4v) is 1.92. The van der Waals surface area contributed by atoms with Crippen molar-refractivity contribution in [1.29, 1.82) is 0 Å². The van der Waals surface area contributed by atoms with Crippen molar-refractivity contribution in [3.8, 4) is 5.69 Å². The summed E-state index contributed by atoms with van der Waals surface area (Å²) in [4.78, 5) is 12.0. The molecule has 4 nitrogen and oxygen atoms in total. The van der Waals surface area contributed by atoms with Crippen LogP contribution in [0, 0.1) is 0 Å². The second-order valence-electron chi connectivity index (χ2n) is 4.30. The van der Waals surface area contributed by atoms with E-state index in [9.17, 15) is 4.79 Å². The van der Waals surface area contributed by atoms with Crippen LogP contribution in [0.1, 0.15) is 29.9 Å². The van der Waals surface area contributed by atoms with Crippen molar-refractivity contribution in [2.24, 2.45) is 0 Å². The zero-order chi connectivity index (χ0) is 15.1. The number of esters is 1. The second kappa shape index (κ2) is 7.24. The molecule has 1 aromatic carbocycles. The highest BCUT2D eigenvalue weighted by Crippen LogP contribution is 2.17. The second-order valence-corrected chi connectivity index (χ2v) is 4.30. The molecule has 0 aliphatic heterocycles. The molecular formula is C17H18N2O2. The number of ether oxygens (including phenoxy) is 1. The number of aromatic nitrogens is 2. The Kier molecular flexibility index (Phi) is 5.10. The predicted octanol–water partition coefficient (Wildman–Crippen LogP) is 3.64. The smallest absolute Gasteiger partial charge is 0.341 e. The molecule has 0 aliphatic carbocycles. The Labute approximate surface area is 124 Å². The molecule has 0 fully saturated rings. The van der Waals surface area contributed by atoms with E-state index in [2.05, 4.69) is 5.10 Å². The number of hydrogen-bond donors (Lipinski definition) is 0. The first-order valence-corrected chi connectivity index (χ1v) is 6.87. The van der Waals surface area contributed by atoms with Crippen molar-refractivity contribution >= 4 is 12.0 Å². The molecular weight excluding hydrogens is 264 g/mol. The third kappa shape index (κ3) is 3.48. The predicted molar refractivity (Wildman–Crippen MR) is 83.4 cm³/mol. The minimum Gasteiger partial charge on any atom is -0.462 e. The molecule has 1 aromatic heterocycles. The number of nitrogens with zero attached hydrogens (tertiary/aromatic N) is 2. The molecule has 2 rings (SSSR count). The molecule has 0 bridgehead atoms. The maximum atomic E-state index is 12.0. The Hall–Kier alpha value is -2.62. The summed E-state index contributed by atoms with van der Waals surface area (Å²) in [5.74, 6) is -0.361. The summed E-state index contributed by atoms with van der Waals surface area (Å²) in [7, 11) is 0. The summed E-state index contributed by atoms with van der Waals surface area (Å²) < 4.78 is 6.81. The van der Waals surface area contributed by atoms with Crippen molar-refractivity contribution in [1.82, 2.24) is 9.78 Å². The number of rotatable bonds is 5. The summed E-state index contributed by atoms with van der Waals surface area (Å²) in [6.45, 7) is 4.06. The topological polar surface area (TPSA) is 44.1 Å². The highest BCUT2D eigenvalue weighted by molar-refractivity contribution is 5.93. The molecule has 0 unspecified atom stereocenters. The van der Waals surface area contributed by atoms with Gasteiger partial charge in [0.2, 0.25) is 0 Å². The number of allylic oxidation sites excluding steroid dienone is 3. The van der Waals surface area contributed by atoms with Gasteiger partial charge in [0.05, 0.1) is 24.2 Å². The summed E-state index contributed by atoms with van der Waals surface area (Å²) >= 11 is 0. The fourth-order valence-electron chi connectivity index (χ4n) is 1.92. The Morgan fingerprint density at radius 1 is 1.29 bits per heavy atom. The lowest BCUT2D eigenvalue weighted by atomic mass is 10.2. The molecule has 0 amide bonds. The van der Waals surface area contributed by atoms with Crippen LogP contribution >= 0.6 is 0 Å². The minimum atomic E-state index is -0.361. The van der Waals surface area contributed by atoms with Crippen LogP contribution in [0.4, 0.5) is 0 Å². The number of hydrogen-bond acceptors (Lipinski definition) is 3. The highest BCUT2D eigenvalue weighted by Gasteiger charge is 2.17. The van der Waals surface area contributed by atoms with Gasteiger partial charge < -0.3 is 4.74 Å². The van der Waals surface area contributed by atoms with Gasteiger partial charge in [-0.05, 0) is 32.1 Å². The van der Waals surface area contributed by atoms with E-state index in [-0.39, 0.29) is 5.97 Å². The molecule has 0 saturated carbocycles. The van der Waals surface area contributed by atoms with Gasteiger partial charge in [0.1, 0.15) is 5.56 Å². The lowest BCUT2D eigenvalue weighted by Gasteiger charge is -2.06. The zero-order valence-corrected chi connectivity index (χ0v) is 12.2. The van der Waals surface area contributed by atoms with Crippen LogP contribution in [0.2, 0.25) is 0 Å². The lowest BCUT2D eigenvalue weighted by molar-refractivity contribution is 0.0526. The van der Waals surface area contributed by atoms with Gasteiger partial charge in [-0.2, -0.15) is 5.10 Å². The van der Waals surface area contributed by atoms with Gasteiger partial charge in [-0.25, -0.2) is 9.48 Å². The zero-order valence-electron chi connectivity index (χ0n) is 12.2. The van der Waals surface area contributed by atoms with Crippen LogP contribution in [0.25, 0.3) is 11.8 Å². The van der Waals surface area contributed by atoms with E-state index >= 15 is 0 Å². The van der Waals surface area contributed by atoms with Crippen LogP contribution < -0.4 is 0 Å². The van der Waals surface area contributed by atoms with E-state index in [0.717, 1.165) is 5.69 Å². The SMILES string of the molecule is C/C=C/C=C/c1c(C(=O)OCC)cnn1-c1ccccc1.